The molecule has 2 N–H and O–H groups in total. The molecule has 1 rings (SSSR count). The van der Waals surface area contributed by atoms with E-state index in [0.717, 1.165) is 12.8 Å². The van der Waals surface area contributed by atoms with E-state index in [1.807, 2.05) is 0 Å². The minimum atomic E-state index is -0.0482. The van der Waals surface area contributed by atoms with E-state index in [1.165, 1.54) is 19.3 Å². The number of carbonyl (C=O) groups is 1. The van der Waals surface area contributed by atoms with E-state index in [1.54, 1.807) is 0 Å². The van der Waals surface area contributed by atoms with Crippen LogP contribution in [0.2, 0.25) is 0 Å². The van der Waals surface area contributed by atoms with Crippen LogP contribution in [0, 0.1) is 0 Å². The Hall–Kier alpha value is -1.46. The second-order valence-electron chi connectivity index (χ2n) is 3.45. The quantitative estimate of drug-likeness (QED) is 0.669. The van der Waals surface area contributed by atoms with E-state index in [0.29, 0.717) is 6.42 Å². The molecule has 0 bridgehead atoms. The van der Waals surface area contributed by atoms with Gasteiger partial charge in [0.2, 0.25) is 5.91 Å². The lowest BCUT2D eigenvalue weighted by atomic mass is 10.1. The maximum Gasteiger partial charge on any atom is 0.269 e. The summed E-state index contributed by atoms with van der Waals surface area (Å²) in [5.74, 6) is 0.196. The minimum Gasteiger partial charge on any atom is -0.292 e. The molecule has 0 saturated carbocycles. The fraction of sp³-hybridized carbons (Fsp3) is 0.778. The maximum atomic E-state index is 11.3. The number of unbranched alkanes of at least 4 members (excludes halogenated alkanes) is 4. The summed E-state index contributed by atoms with van der Waals surface area (Å²) < 4.78 is 0. The molecule has 0 aliphatic carbocycles. The molecule has 0 saturated heterocycles. The molecular weight excluding hydrogens is 194 g/mol. The first-order valence-corrected chi connectivity index (χ1v) is 5.36. The topological polar surface area (TPSA) is 83.6 Å². The zero-order valence-electron chi connectivity index (χ0n) is 8.99. The zero-order chi connectivity index (χ0) is 10.9. The number of carbonyl (C=O) groups excluding carboxylic acids is 1. The fourth-order valence-corrected chi connectivity index (χ4v) is 1.29. The smallest absolute Gasteiger partial charge is 0.269 e. The standard InChI is InChI=1S/C9H17N5O/c1-2-3-4-5-6-7-8(15)10-9-11-13-14-12-9/h2-7H2,1H3,(H2,10,11,12,13,14,15). The average molecular weight is 211 g/mol. The second kappa shape index (κ2) is 6.92. The normalized spacial score (nSPS) is 10.2. The highest BCUT2D eigenvalue weighted by Gasteiger charge is 2.04. The summed E-state index contributed by atoms with van der Waals surface area (Å²) >= 11 is 0. The Kier molecular flexibility index (Phi) is 5.35. The molecule has 15 heavy (non-hydrogen) atoms. The summed E-state index contributed by atoms with van der Waals surface area (Å²) in [5.41, 5.74) is 0. The molecule has 0 atom stereocenters. The van der Waals surface area contributed by atoms with Crippen LogP contribution in [0.25, 0.3) is 0 Å². The highest BCUT2D eigenvalue weighted by molar-refractivity contribution is 5.88. The fourth-order valence-electron chi connectivity index (χ4n) is 1.29. The summed E-state index contributed by atoms with van der Waals surface area (Å²) in [6.07, 6.45) is 6.21. The zero-order valence-corrected chi connectivity index (χ0v) is 8.99. The lowest BCUT2D eigenvalue weighted by molar-refractivity contribution is -0.116. The third kappa shape index (κ3) is 5.09. The van der Waals surface area contributed by atoms with E-state index in [2.05, 4.69) is 32.9 Å². The lowest BCUT2D eigenvalue weighted by Crippen LogP contribution is -2.12. The SMILES string of the molecule is CCCCCCCC(=O)Nc1nn[nH]n1. The molecule has 0 radical (unpaired) electrons. The summed E-state index contributed by atoms with van der Waals surface area (Å²) in [7, 11) is 0. The summed E-state index contributed by atoms with van der Waals surface area (Å²) in [6, 6.07) is 0. The summed E-state index contributed by atoms with van der Waals surface area (Å²) in [6.45, 7) is 2.17. The molecule has 0 aliphatic rings. The van der Waals surface area contributed by atoms with Gasteiger partial charge in [0, 0.05) is 6.42 Å². The molecule has 0 fully saturated rings. The van der Waals surface area contributed by atoms with Gasteiger partial charge in [0.05, 0.1) is 0 Å². The van der Waals surface area contributed by atoms with Gasteiger partial charge in [0.1, 0.15) is 0 Å². The highest BCUT2D eigenvalue weighted by atomic mass is 16.1. The van der Waals surface area contributed by atoms with Crippen molar-refractivity contribution in [3.05, 3.63) is 0 Å². The van der Waals surface area contributed by atoms with Gasteiger partial charge in [-0.15, -0.1) is 5.10 Å². The van der Waals surface area contributed by atoms with Crippen molar-refractivity contribution in [2.24, 2.45) is 0 Å². The number of tetrazole rings is 1. The Balaban J connectivity index is 2.04. The molecule has 6 heteroatoms. The van der Waals surface area contributed by atoms with Gasteiger partial charge in [-0.05, 0) is 11.6 Å². The first-order chi connectivity index (χ1) is 7.33. The molecule has 1 aromatic rings. The second-order valence-corrected chi connectivity index (χ2v) is 3.45. The number of aromatic nitrogens is 4. The van der Waals surface area contributed by atoms with Crippen LogP contribution in [0.4, 0.5) is 5.95 Å². The van der Waals surface area contributed by atoms with Crippen molar-refractivity contribution in [2.45, 2.75) is 45.4 Å². The van der Waals surface area contributed by atoms with Crippen molar-refractivity contribution >= 4 is 11.9 Å². The molecule has 1 aromatic heterocycles. The molecule has 0 aliphatic heterocycles. The summed E-state index contributed by atoms with van der Waals surface area (Å²) in [4.78, 5) is 11.3. The molecule has 0 spiro atoms. The number of hydrogen-bond donors (Lipinski definition) is 2. The van der Waals surface area contributed by atoms with E-state index in [-0.39, 0.29) is 11.9 Å². The summed E-state index contributed by atoms with van der Waals surface area (Å²) in [5, 5.41) is 15.4. The largest absolute Gasteiger partial charge is 0.292 e. The first-order valence-electron chi connectivity index (χ1n) is 5.36. The van der Waals surface area contributed by atoms with Crippen LogP contribution >= 0.6 is 0 Å². The van der Waals surface area contributed by atoms with Gasteiger partial charge in [-0.1, -0.05) is 37.7 Å². The van der Waals surface area contributed by atoms with Crippen molar-refractivity contribution in [3.63, 3.8) is 0 Å². The van der Waals surface area contributed by atoms with Crippen LogP contribution in [-0.2, 0) is 4.79 Å². The lowest BCUT2D eigenvalue weighted by Gasteiger charge is -2.00. The number of hydrogen-bond acceptors (Lipinski definition) is 4. The Morgan fingerprint density at radius 2 is 2.13 bits per heavy atom. The Morgan fingerprint density at radius 3 is 2.80 bits per heavy atom. The van der Waals surface area contributed by atoms with E-state index in [4.69, 9.17) is 0 Å². The van der Waals surface area contributed by atoms with Crippen LogP contribution < -0.4 is 5.32 Å². The average Bonchev–Trinajstić information content (AvgIpc) is 2.70. The van der Waals surface area contributed by atoms with Crippen molar-refractivity contribution in [1.82, 2.24) is 20.6 Å². The monoisotopic (exact) mass is 211 g/mol. The van der Waals surface area contributed by atoms with Crippen LogP contribution in [0.5, 0.6) is 0 Å². The number of rotatable bonds is 7. The first kappa shape index (κ1) is 11.6. The molecule has 1 heterocycles. The van der Waals surface area contributed by atoms with Crippen molar-refractivity contribution in [1.29, 1.82) is 0 Å². The van der Waals surface area contributed by atoms with Gasteiger partial charge in [-0.3, -0.25) is 10.1 Å². The molecule has 6 nitrogen and oxygen atoms in total. The van der Waals surface area contributed by atoms with E-state index in [9.17, 15) is 4.79 Å². The number of nitrogens with one attached hydrogen (secondary N) is 2. The van der Waals surface area contributed by atoms with Crippen LogP contribution in [0.1, 0.15) is 45.4 Å². The van der Waals surface area contributed by atoms with Gasteiger partial charge in [-0.25, -0.2) is 0 Å². The number of aromatic amines is 1. The van der Waals surface area contributed by atoms with Crippen LogP contribution in [-0.4, -0.2) is 26.5 Å². The third-order valence-corrected chi connectivity index (χ3v) is 2.10. The molecule has 0 unspecified atom stereocenters. The molecular formula is C9H17N5O. The molecule has 84 valence electrons. The van der Waals surface area contributed by atoms with Crippen molar-refractivity contribution < 1.29 is 4.79 Å². The molecule has 0 aromatic carbocycles. The van der Waals surface area contributed by atoms with Gasteiger partial charge in [-0.2, -0.15) is 5.21 Å². The minimum absolute atomic E-state index is 0.0482. The predicted molar refractivity (Wildman–Crippen MR) is 56.2 cm³/mol. The number of anilines is 1. The number of amides is 1. The Labute approximate surface area is 88.8 Å². The molecule has 1 amide bonds. The number of H-pyrrole nitrogens is 1. The van der Waals surface area contributed by atoms with Gasteiger partial charge < -0.3 is 0 Å². The van der Waals surface area contributed by atoms with Crippen LogP contribution in [0.15, 0.2) is 0 Å². The van der Waals surface area contributed by atoms with Crippen LogP contribution in [0.3, 0.4) is 0 Å². The third-order valence-electron chi connectivity index (χ3n) is 2.10. The Morgan fingerprint density at radius 1 is 1.33 bits per heavy atom. The predicted octanol–water partition coefficient (Wildman–Crippen LogP) is 1.50. The van der Waals surface area contributed by atoms with E-state index >= 15 is 0 Å². The van der Waals surface area contributed by atoms with Gasteiger partial charge in [0.25, 0.3) is 5.95 Å². The highest BCUT2D eigenvalue weighted by Crippen LogP contribution is 2.05. The van der Waals surface area contributed by atoms with Crippen molar-refractivity contribution in [2.75, 3.05) is 5.32 Å². The number of nitrogens with zero attached hydrogens (tertiary/aromatic N) is 3. The Bertz CT molecular complexity index is 272. The van der Waals surface area contributed by atoms with Crippen molar-refractivity contribution in [3.8, 4) is 0 Å². The maximum absolute atomic E-state index is 11.3. The van der Waals surface area contributed by atoms with Gasteiger partial charge in [0.15, 0.2) is 0 Å². The van der Waals surface area contributed by atoms with Gasteiger partial charge >= 0.3 is 0 Å². The van der Waals surface area contributed by atoms with E-state index < -0.39 is 0 Å².